The highest BCUT2D eigenvalue weighted by molar-refractivity contribution is 6.34. The fraction of sp³-hybridized carbons (Fsp3) is 0.111. The van der Waals surface area contributed by atoms with E-state index < -0.39 is 10.9 Å². The summed E-state index contributed by atoms with van der Waals surface area (Å²) in [5.74, 6) is -0.0700. The first-order chi connectivity index (χ1) is 12.5. The van der Waals surface area contributed by atoms with Gasteiger partial charge in [-0.05, 0) is 36.8 Å². The molecule has 0 unspecified atom stereocenters. The van der Waals surface area contributed by atoms with Gasteiger partial charge in [0.25, 0.3) is 5.69 Å². The zero-order chi connectivity index (χ0) is 18.7. The van der Waals surface area contributed by atoms with Crippen molar-refractivity contribution >= 4 is 35.2 Å². The van der Waals surface area contributed by atoms with Gasteiger partial charge in [0.05, 0.1) is 22.1 Å². The summed E-state index contributed by atoms with van der Waals surface area (Å²) in [6.45, 7) is 2.40. The van der Waals surface area contributed by atoms with Crippen LogP contribution in [-0.4, -0.2) is 23.4 Å². The fourth-order valence-corrected chi connectivity index (χ4v) is 2.53. The van der Waals surface area contributed by atoms with Crippen molar-refractivity contribution < 1.29 is 19.2 Å². The monoisotopic (exact) mass is 372 g/mol. The highest BCUT2D eigenvalue weighted by atomic mass is 35.5. The van der Waals surface area contributed by atoms with Crippen LogP contribution in [0.2, 0.25) is 5.02 Å². The van der Waals surface area contributed by atoms with E-state index in [1.165, 1.54) is 18.2 Å². The van der Waals surface area contributed by atoms with Gasteiger partial charge in [-0.3, -0.25) is 10.1 Å². The van der Waals surface area contributed by atoms with E-state index in [9.17, 15) is 14.9 Å². The molecule has 132 valence electrons. The van der Waals surface area contributed by atoms with Crippen molar-refractivity contribution in [3.63, 3.8) is 0 Å². The molecule has 0 amide bonds. The number of rotatable bonds is 5. The summed E-state index contributed by atoms with van der Waals surface area (Å²) < 4.78 is 10.5. The molecule has 1 aliphatic rings. The third-order valence-corrected chi connectivity index (χ3v) is 3.81. The summed E-state index contributed by atoms with van der Waals surface area (Å²) in [7, 11) is 0. The molecule has 1 aliphatic heterocycles. The number of hydrogen-bond acceptors (Lipinski definition) is 6. The van der Waals surface area contributed by atoms with Crippen LogP contribution < -0.4 is 4.74 Å². The number of ether oxygens (including phenoxy) is 2. The lowest BCUT2D eigenvalue weighted by Crippen LogP contribution is -2.06. The Morgan fingerprint density at radius 1 is 1.31 bits per heavy atom. The number of aliphatic imine (C=N–C) groups is 1. The maximum absolute atomic E-state index is 12.1. The fourth-order valence-electron chi connectivity index (χ4n) is 2.33. The second-order valence-corrected chi connectivity index (χ2v) is 5.67. The summed E-state index contributed by atoms with van der Waals surface area (Å²) in [6.07, 6.45) is 1.54. The largest absolute Gasteiger partial charge is 0.494 e. The first-order valence-electron chi connectivity index (χ1n) is 7.67. The Hall–Kier alpha value is -3.19. The van der Waals surface area contributed by atoms with E-state index in [0.29, 0.717) is 17.9 Å². The summed E-state index contributed by atoms with van der Waals surface area (Å²) in [5, 5.41) is 11.1. The number of nitro groups is 1. The number of carbonyl (C=O) groups is 1. The van der Waals surface area contributed by atoms with Gasteiger partial charge in [-0.1, -0.05) is 23.7 Å². The minimum Gasteiger partial charge on any atom is -0.494 e. The van der Waals surface area contributed by atoms with Gasteiger partial charge in [0.15, 0.2) is 5.70 Å². The topological polar surface area (TPSA) is 91.0 Å². The van der Waals surface area contributed by atoms with Gasteiger partial charge in [0.2, 0.25) is 5.90 Å². The molecule has 0 saturated carbocycles. The van der Waals surface area contributed by atoms with Crippen LogP contribution in [0.5, 0.6) is 5.75 Å². The molecular weight excluding hydrogens is 360 g/mol. The van der Waals surface area contributed by atoms with Crippen LogP contribution in [0, 0.1) is 10.1 Å². The van der Waals surface area contributed by atoms with Crippen LogP contribution in [-0.2, 0) is 9.53 Å². The predicted octanol–water partition coefficient (Wildman–Crippen LogP) is 3.99. The molecule has 2 aromatic rings. The van der Waals surface area contributed by atoms with Gasteiger partial charge in [0.1, 0.15) is 5.75 Å². The van der Waals surface area contributed by atoms with Gasteiger partial charge in [-0.2, -0.15) is 0 Å². The standard InChI is InChI=1S/C18H13ClN2O5/c1-2-25-13-5-3-4-11(8-13)9-16-18(22)26-17(20-16)14-10-12(21(23)24)6-7-15(14)19/h3-10H,2H2,1H3. The van der Waals surface area contributed by atoms with Gasteiger partial charge in [-0.25, -0.2) is 9.79 Å². The lowest BCUT2D eigenvalue weighted by atomic mass is 10.2. The number of carbonyl (C=O) groups excluding carboxylic acids is 1. The first-order valence-corrected chi connectivity index (χ1v) is 8.05. The van der Waals surface area contributed by atoms with Crippen molar-refractivity contribution in [2.45, 2.75) is 6.92 Å². The number of halogens is 1. The summed E-state index contributed by atoms with van der Waals surface area (Å²) in [4.78, 5) is 26.6. The molecule has 0 bridgehead atoms. The smallest absolute Gasteiger partial charge is 0.363 e. The summed E-state index contributed by atoms with van der Waals surface area (Å²) in [6, 6.07) is 11.0. The van der Waals surface area contributed by atoms with E-state index in [1.54, 1.807) is 30.3 Å². The minimum absolute atomic E-state index is 0.0659. The van der Waals surface area contributed by atoms with E-state index >= 15 is 0 Å². The Bertz CT molecular complexity index is 952. The highest BCUT2D eigenvalue weighted by Crippen LogP contribution is 2.27. The lowest BCUT2D eigenvalue weighted by Gasteiger charge is -2.03. The molecule has 0 radical (unpaired) electrons. The van der Waals surface area contributed by atoms with Gasteiger partial charge < -0.3 is 9.47 Å². The summed E-state index contributed by atoms with van der Waals surface area (Å²) in [5.41, 5.74) is 0.778. The molecule has 26 heavy (non-hydrogen) atoms. The maximum atomic E-state index is 12.1. The molecule has 8 heteroatoms. The zero-order valence-corrected chi connectivity index (χ0v) is 14.4. The number of esters is 1. The van der Waals surface area contributed by atoms with E-state index in [0.717, 1.165) is 0 Å². The maximum Gasteiger partial charge on any atom is 0.363 e. The summed E-state index contributed by atoms with van der Waals surface area (Å²) >= 11 is 6.06. The Labute approximate surface area is 153 Å². The molecule has 0 aliphatic carbocycles. The number of nitrogens with zero attached hydrogens (tertiary/aromatic N) is 2. The van der Waals surface area contributed by atoms with Gasteiger partial charge >= 0.3 is 5.97 Å². The Morgan fingerprint density at radius 3 is 2.85 bits per heavy atom. The first kappa shape index (κ1) is 17.6. The molecule has 7 nitrogen and oxygen atoms in total. The Morgan fingerprint density at radius 2 is 2.12 bits per heavy atom. The third-order valence-electron chi connectivity index (χ3n) is 3.48. The van der Waals surface area contributed by atoms with Crippen molar-refractivity contribution in [1.29, 1.82) is 0 Å². The molecule has 2 aromatic carbocycles. The molecule has 0 fully saturated rings. The average Bonchev–Trinajstić information content (AvgIpc) is 2.96. The quantitative estimate of drug-likeness (QED) is 0.342. The van der Waals surface area contributed by atoms with Crippen LogP contribution in [0.25, 0.3) is 6.08 Å². The van der Waals surface area contributed by atoms with Crippen molar-refractivity contribution in [3.8, 4) is 5.75 Å². The predicted molar refractivity (Wildman–Crippen MR) is 96.3 cm³/mol. The molecular formula is C18H13ClN2O5. The van der Waals surface area contributed by atoms with E-state index in [1.807, 2.05) is 6.92 Å². The van der Waals surface area contributed by atoms with Crippen LogP contribution in [0.4, 0.5) is 5.69 Å². The Balaban J connectivity index is 1.96. The van der Waals surface area contributed by atoms with E-state index in [4.69, 9.17) is 21.1 Å². The minimum atomic E-state index is -0.663. The number of hydrogen-bond donors (Lipinski definition) is 0. The van der Waals surface area contributed by atoms with E-state index in [2.05, 4.69) is 4.99 Å². The van der Waals surface area contributed by atoms with Gasteiger partial charge in [0, 0.05) is 12.1 Å². The lowest BCUT2D eigenvalue weighted by molar-refractivity contribution is -0.384. The second-order valence-electron chi connectivity index (χ2n) is 5.26. The second kappa shape index (κ2) is 7.37. The van der Waals surface area contributed by atoms with Crippen molar-refractivity contribution in [1.82, 2.24) is 0 Å². The highest BCUT2D eigenvalue weighted by Gasteiger charge is 2.27. The molecule has 0 saturated heterocycles. The number of nitro benzene ring substituents is 1. The third kappa shape index (κ3) is 3.73. The molecule has 0 aromatic heterocycles. The number of non-ortho nitro benzene ring substituents is 1. The number of benzene rings is 2. The molecule has 1 heterocycles. The molecule has 0 atom stereocenters. The normalized spacial score (nSPS) is 14.9. The average molecular weight is 373 g/mol. The molecule has 0 N–H and O–H groups in total. The van der Waals surface area contributed by atoms with Crippen LogP contribution >= 0.6 is 11.6 Å². The SMILES string of the molecule is CCOc1cccc(C=C2N=C(c3cc([N+](=O)[O-])ccc3Cl)OC2=O)c1. The Kier molecular flexibility index (Phi) is 4.99. The molecule has 0 spiro atoms. The van der Waals surface area contributed by atoms with E-state index in [-0.39, 0.29) is 27.9 Å². The number of cyclic esters (lactones) is 1. The van der Waals surface area contributed by atoms with Crippen molar-refractivity contribution in [2.24, 2.45) is 4.99 Å². The van der Waals surface area contributed by atoms with Crippen LogP contribution in [0.15, 0.2) is 53.2 Å². The van der Waals surface area contributed by atoms with Crippen molar-refractivity contribution in [2.75, 3.05) is 6.61 Å². The zero-order valence-electron chi connectivity index (χ0n) is 13.6. The van der Waals surface area contributed by atoms with Crippen LogP contribution in [0.3, 0.4) is 0 Å². The van der Waals surface area contributed by atoms with Crippen molar-refractivity contribution in [3.05, 3.63) is 74.4 Å². The van der Waals surface area contributed by atoms with Gasteiger partial charge in [-0.15, -0.1) is 0 Å². The van der Waals surface area contributed by atoms with Crippen LogP contribution in [0.1, 0.15) is 18.1 Å². The molecule has 3 rings (SSSR count).